The normalized spacial score (nSPS) is 11.9. The summed E-state index contributed by atoms with van der Waals surface area (Å²) < 4.78 is 0. The molecule has 1 aromatic rings. The second-order valence-corrected chi connectivity index (χ2v) is 4.70. The number of carbonyl (C=O) groups is 1. The van der Waals surface area contributed by atoms with E-state index in [1.54, 1.807) is 6.07 Å². The van der Waals surface area contributed by atoms with Crippen LogP contribution in [0.4, 0.5) is 11.4 Å². The van der Waals surface area contributed by atoms with Crippen LogP contribution in [0, 0.1) is 0 Å². The van der Waals surface area contributed by atoms with E-state index in [-0.39, 0.29) is 5.91 Å². The summed E-state index contributed by atoms with van der Waals surface area (Å²) in [5.41, 5.74) is 8.15. The van der Waals surface area contributed by atoms with Crippen LogP contribution in [-0.2, 0) is 0 Å². The van der Waals surface area contributed by atoms with Gasteiger partial charge in [0, 0.05) is 18.2 Å². The maximum atomic E-state index is 11.7. The first-order chi connectivity index (χ1) is 9.12. The third-order valence-corrected chi connectivity index (χ3v) is 3.14. The van der Waals surface area contributed by atoms with Gasteiger partial charge < -0.3 is 16.4 Å². The van der Waals surface area contributed by atoms with Gasteiger partial charge in [0.1, 0.15) is 0 Å². The summed E-state index contributed by atoms with van der Waals surface area (Å²) in [4.78, 5) is 11.7. The lowest BCUT2D eigenvalue weighted by atomic mass is 10.1. The summed E-state index contributed by atoms with van der Waals surface area (Å²) in [6.07, 6.45) is 3.32. The van der Waals surface area contributed by atoms with Crippen LogP contribution in [0.2, 0.25) is 0 Å². The topological polar surface area (TPSA) is 67.2 Å². The van der Waals surface area contributed by atoms with E-state index in [4.69, 9.17) is 5.73 Å². The van der Waals surface area contributed by atoms with E-state index >= 15 is 0 Å². The number of nitrogen functional groups attached to an aromatic ring is 1. The minimum atomic E-state index is -0.0821. The van der Waals surface area contributed by atoms with Crippen molar-refractivity contribution in [3.8, 4) is 0 Å². The standard InChI is InChI=1S/C15H25N3O/c1-4-7-12(5-2)18-14-9-8-11(10-13(14)16)15(19)17-6-3/h8-10,12,18H,4-7,16H2,1-3H3,(H,17,19). The fourth-order valence-corrected chi connectivity index (χ4v) is 2.04. The zero-order chi connectivity index (χ0) is 14.3. The molecule has 0 fully saturated rings. The van der Waals surface area contributed by atoms with Gasteiger partial charge in [-0.3, -0.25) is 4.79 Å². The molecule has 1 unspecified atom stereocenters. The number of anilines is 2. The summed E-state index contributed by atoms with van der Waals surface area (Å²) in [7, 11) is 0. The van der Waals surface area contributed by atoms with E-state index in [9.17, 15) is 4.79 Å². The van der Waals surface area contributed by atoms with Gasteiger partial charge in [0.05, 0.1) is 11.4 Å². The molecule has 0 radical (unpaired) electrons. The summed E-state index contributed by atoms with van der Waals surface area (Å²) >= 11 is 0. The Hall–Kier alpha value is -1.71. The van der Waals surface area contributed by atoms with E-state index in [2.05, 4.69) is 24.5 Å². The Kier molecular flexibility index (Phi) is 6.19. The van der Waals surface area contributed by atoms with Gasteiger partial charge in [-0.1, -0.05) is 20.3 Å². The molecule has 1 aromatic carbocycles. The summed E-state index contributed by atoms with van der Waals surface area (Å²) in [5, 5.41) is 6.21. The van der Waals surface area contributed by atoms with Crippen LogP contribution in [-0.4, -0.2) is 18.5 Å². The highest BCUT2D eigenvalue weighted by molar-refractivity contribution is 5.96. The van der Waals surface area contributed by atoms with E-state index in [1.165, 1.54) is 0 Å². The van der Waals surface area contributed by atoms with Crippen molar-refractivity contribution in [3.05, 3.63) is 23.8 Å². The number of amides is 1. The molecule has 19 heavy (non-hydrogen) atoms. The summed E-state index contributed by atoms with van der Waals surface area (Å²) in [6.45, 7) is 6.85. The van der Waals surface area contributed by atoms with Gasteiger partial charge in [-0.25, -0.2) is 0 Å². The number of nitrogens with one attached hydrogen (secondary N) is 2. The molecule has 0 aliphatic carbocycles. The van der Waals surface area contributed by atoms with Gasteiger partial charge in [-0.15, -0.1) is 0 Å². The molecule has 0 bridgehead atoms. The Morgan fingerprint density at radius 2 is 2.05 bits per heavy atom. The highest BCUT2D eigenvalue weighted by atomic mass is 16.1. The molecule has 4 N–H and O–H groups in total. The van der Waals surface area contributed by atoms with Gasteiger partial charge in [0.2, 0.25) is 0 Å². The first kappa shape index (κ1) is 15.3. The number of rotatable bonds is 7. The van der Waals surface area contributed by atoms with Crippen molar-refractivity contribution in [1.82, 2.24) is 5.32 Å². The molecule has 1 amide bonds. The van der Waals surface area contributed by atoms with Crippen LogP contribution in [0.5, 0.6) is 0 Å². The van der Waals surface area contributed by atoms with Crippen molar-refractivity contribution in [1.29, 1.82) is 0 Å². The van der Waals surface area contributed by atoms with Crippen molar-refractivity contribution in [2.45, 2.75) is 46.1 Å². The van der Waals surface area contributed by atoms with Crippen molar-refractivity contribution in [3.63, 3.8) is 0 Å². The lowest BCUT2D eigenvalue weighted by Gasteiger charge is -2.19. The summed E-state index contributed by atoms with van der Waals surface area (Å²) in [5.74, 6) is -0.0821. The van der Waals surface area contributed by atoms with Gasteiger partial charge >= 0.3 is 0 Å². The van der Waals surface area contributed by atoms with Gasteiger partial charge in [-0.2, -0.15) is 0 Å². The van der Waals surface area contributed by atoms with E-state index in [1.807, 2.05) is 19.1 Å². The molecule has 0 aromatic heterocycles. The van der Waals surface area contributed by atoms with Crippen molar-refractivity contribution in [2.24, 2.45) is 0 Å². The van der Waals surface area contributed by atoms with Crippen LogP contribution >= 0.6 is 0 Å². The van der Waals surface area contributed by atoms with E-state index < -0.39 is 0 Å². The number of carbonyl (C=O) groups excluding carboxylic acids is 1. The number of benzene rings is 1. The van der Waals surface area contributed by atoms with Gasteiger partial charge in [0.25, 0.3) is 5.91 Å². The molecule has 1 rings (SSSR count). The van der Waals surface area contributed by atoms with Gasteiger partial charge in [0.15, 0.2) is 0 Å². The lowest BCUT2D eigenvalue weighted by molar-refractivity contribution is 0.0956. The molecule has 0 aliphatic heterocycles. The number of hydrogen-bond donors (Lipinski definition) is 3. The molecule has 4 nitrogen and oxygen atoms in total. The highest BCUT2D eigenvalue weighted by Gasteiger charge is 2.10. The maximum Gasteiger partial charge on any atom is 0.251 e. The predicted molar refractivity (Wildman–Crippen MR) is 81.5 cm³/mol. The molecule has 106 valence electrons. The second-order valence-electron chi connectivity index (χ2n) is 4.70. The predicted octanol–water partition coefficient (Wildman–Crippen LogP) is 3.01. The molecule has 0 aliphatic rings. The Bertz CT molecular complexity index is 418. The molecular formula is C15H25N3O. The monoisotopic (exact) mass is 263 g/mol. The third kappa shape index (κ3) is 4.47. The Morgan fingerprint density at radius 1 is 1.32 bits per heavy atom. The molecule has 0 spiro atoms. The molecule has 4 heteroatoms. The van der Waals surface area contributed by atoms with Crippen molar-refractivity contribution >= 4 is 17.3 Å². The average molecular weight is 263 g/mol. The minimum Gasteiger partial charge on any atom is -0.397 e. The quantitative estimate of drug-likeness (QED) is 0.662. The summed E-state index contributed by atoms with van der Waals surface area (Å²) in [6, 6.07) is 5.86. The van der Waals surface area contributed by atoms with Gasteiger partial charge in [-0.05, 0) is 38.0 Å². The lowest BCUT2D eigenvalue weighted by Crippen LogP contribution is -2.23. The smallest absolute Gasteiger partial charge is 0.251 e. The zero-order valence-electron chi connectivity index (χ0n) is 12.1. The number of nitrogens with two attached hydrogens (primary N) is 1. The van der Waals surface area contributed by atoms with Crippen LogP contribution < -0.4 is 16.4 Å². The molecule has 0 saturated heterocycles. The van der Waals surface area contributed by atoms with Crippen LogP contribution in [0.3, 0.4) is 0 Å². The first-order valence-corrected chi connectivity index (χ1v) is 7.06. The SMILES string of the molecule is CCCC(CC)Nc1ccc(C(=O)NCC)cc1N. The fraction of sp³-hybridized carbons (Fsp3) is 0.533. The van der Waals surface area contributed by atoms with Crippen molar-refractivity contribution in [2.75, 3.05) is 17.6 Å². The fourth-order valence-electron chi connectivity index (χ4n) is 2.04. The second kappa shape index (κ2) is 7.67. The van der Waals surface area contributed by atoms with Crippen LogP contribution in [0.1, 0.15) is 50.4 Å². The van der Waals surface area contributed by atoms with Crippen LogP contribution in [0.25, 0.3) is 0 Å². The van der Waals surface area contributed by atoms with Crippen molar-refractivity contribution < 1.29 is 4.79 Å². The third-order valence-electron chi connectivity index (χ3n) is 3.14. The van der Waals surface area contributed by atoms with E-state index in [0.29, 0.717) is 23.8 Å². The highest BCUT2D eigenvalue weighted by Crippen LogP contribution is 2.22. The van der Waals surface area contributed by atoms with E-state index in [0.717, 1.165) is 24.9 Å². The number of hydrogen-bond acceptors (Lipinski definition) is 3. The first-order valence-electron chi connectivity index (χ1n) is 7.06. The molecule has 0 heterocycles. The molecule has 0 saturated carbocycles. The maximum absolute atomic E-state index is 11.7. The Balaban J connectivity index is 2.79. The molecular weight excluding hydrogens is 238 g/mol. The Labute approximate surface area is 115 Å². The molecule has 1 atom stereocenters. The largest absolute Gasteiger partial charge is 0.397 e. The zero-order valence-corrected chi connectivity index (χ0v) is 12.1. The average Bonchev–Trinajstić information content (AvgIpc) is 2.40. The minimum absolute atomic E-state index is 0.0821. The Morgan fingerprint density at radius 3 is 2.58 bits per heavy atom. The van der Waals surface area contributed by atoms with Crippen LogP contribution in [0.15, 0.2) is 18.2 Å².